The topological polar surface area (TPSA) is 106 Å². The molecule has 1 aromatic heterocycles. The fourth-order valence-corrected chi connectivity index (χ4v) is 6.08. The van der Waals surface area contributed by atoms with Crippen molar-refractivity contribution in [3.8, 4) is 5.75 Å². The van der Waals surface area contributed by atoms with Gasteiger partial charge in [0.1, 0.15) is 23.0 Å². The molecule has 2 aliphatic rings. The predicted molar refractivity (Wildman–Crippen MR) is 140 cm³/mol. The number of aliphatic hydroxyl groups excluding tert-OH is 2. The number of hydrogen-bond acceptors (Lipinski definition) is 9. The number of morpholine rings is 1. The van der Waals surface area contributed by atoms with Gasteiger partial charge in [0.25, 0.3) is 0 Å². The Morgan fingerprint density at radius 1 is 1.22 bits per heavy atom. The Morgan fingerprint density at radius 3 is 2.81 bits per heavy atom. The van der Waals surface area contributed by atoms with Gasteiger partial charge in [-0.25, -0.2) is 4.79 Å². The molecule has 0 amide bonds. The molecule has 8 nitrogen and oxygen atoms in total. The first kappa shape index (κ1) is 28.0. The Labute approximate surface area is 226 Å². The van der Waals surface area contributed by atoms with Crippen LogP contribution in [-0.2, 0) is 27.3 Å². The van der Waals surface area contributed by atoms with Crippen molar-refractivity contribution >= 4 is 34.7 Å². The number of benzene rings is 1. The lowest BCUT2D eigenvalue weighted by molar-refractivity contribution is -0.121. The lowest BCUT2D eigenvalue weighted by Gasteiger charge is -2.26. The van der Waals surface area contributed by atoms with Crippen molar-refractivity contribution in [1.82, 2.24) is 4.90 Å². The summed E-state index contributed by atoms with van der Waals surface area (Å²) < 4.78 is 16.6. The molecule has 1 aliphatic heterocycles. The van der Waals surface area contributed by atoms with Crippen molar-refractivity contribution < 1.29 is 34.0 Å². The molecule has 4 rings (SSSR count). The molecule has 2 heterocycles. The molecule has 10 heteroatoms. The molecular weight excluding hydrogens is 518 g/mol. The molecule has 1 aromatic carbocycles. The Balaban J connectivity index is 1.22. The van der Waals surface area contributed by atoms with E-state index < -0.39 is 6.10 Å². The number of hydrogen-bond donors (Lipinski definition) is 2. The van der Waals surface area contributed by atoms with Crippen molar-refractivity contribution in [2.24, 2.45) is 11.8 Å². The largest absolute Gasteiger partial charge is 0.493 e. The SMILES string of the molecule is O=C(OCCN1CCOCC1)c1ccc(CCC[C@H]2C(=O)C[C@@H](O)[C@@H]2COc2cc(Cl)cc(CO)c2)s1. The van der Waals surface area contributed by atoms with Gasteiger partial charge in [-0.1, -0.05) is 11.6 Å². The van der Waals surface area contributed by atoms with E-state index in [1.165, 1.54) is 11.3 Å². The summed E-state index contributed by atoms with van der Waals surface area (Å²) in [6.07, 6.45) is 1.54. The fraction of sp³-hybridized carbons (Fsp3) is 0.556. The fourth-order valence-electron chi connectivity index (χ4n) is 4.89. The number of esters is 1. The number of aliphatic hydroxyl groups is 2. The summed E-state index contributed by atoms with van der Waals surface area (Å²) in [6, 6.07) is 8.75. The van der Waals surface area contributed by atoms with E-state index in [2.05, 4.69) is 4.90 Å². The second kappa shape index (κ2) is 13.7. The first-order chi connectivity index (χ1) is 17.9. The lowest BCUT2D eigenvalue weighted by atomic mass is 9.90. The zero-order valence-corrected chi connectivity index (χ0v) is 22.3. The molecule has 3 atom stereocenters. The quantitative estimate of drug-likeness (QED) is 0.387. The zero-order valence-electron chi connectivity index (χ0n) is 20.8. The number of halogens is 1. The Hall–Kier alpha value is -2.01. The molecule has 1 saturated carbocycles. The normalized spacial score (nSPS) is 22.4. The van der Waals surface area contributed by atoms with Crippen molar-refractivity contribution in [3.05, 3.63) is 50.7 Å². The van der Waals surface area contributed by atoms with Crippen LogP contribution in [0.3, 0.4) is 0 Å². The molecule has 0 radical (unpaired) electrons. The number of carbonyl (C=O) groups is 2. The Kier molecular flexibility index (Phi) is 10.4. The Bertz CT molecular complexity index is 1060. The van der Waals surface area contributed by atoms with Gasteiger partial charge >= 0.3 is 5.97 Å². The van der Waals surface area contributed by atoms with E-state index in [1.54, 1.807) is 24.3 Å². The molecule has 0 bridgehead atoms. The molecule has 1 aliphatic carbocycles. The van der Waals surface area contributed by atoms with Crippen molar-refractivity contribution in [3.63, 3.8) is 0 Å². The summed E-state index contributed by atoms with van der Waals surface area (Å²) in [5.41, 5.74) is 0.637. The van der Waals surface area contributed by atoms with Gasteiger partial charge < -0.3 is 24.4 Å². The molecule has 2 aromatic rings. The number of thiophene rings is 1. The molecule has 2 N–H and O–H groups in total. The number of aryl methyl sites for hydroxylation is 1. The first-order valence-corrected chi connectivity index (χ1v) is 13.9. The van der Waals surface area contributed by atoms with Gasteiger partial charge in [0.2, 0.25) is 0 Å². The van der Waals surface area contributed by atoms with Gasteiger partial charge in [0, 0.05) is 47.8 Å². The number of ketones is 1. The minimum Gasteiger partial charge on any atom is -0.493 e. The summed E-state index contributed by atoms with van der Waals surface area (Å²) >= 11 is 7.51. The predicted octanol–water partition coefficient (Wildman–Crippen LogP) is 3.35. The van der Waals surface area contributed by atoms with E-state index in [9.17, 15) is 19.8 Å². The first-order valence-electron chi connectivity index (χ1n) is 12.7. The van der Waals surface area contributed by atoms with Gasteiger partial charge in [0.15, 0.2) is 0 Å². The van der Waals surface area contributed by atoms with Crippen molar-refractivity contribution in [1.29, 1.82) is 0 Å². The van der Waals surface area contributed by atoms with Crippen LogP contribution in [-0.4, -0.2) is 79.0 Å². The van der Waals surface area contributed by atoms with Crippen LogP contribution >= 0.6 is 22.9 Å². The molecule has 2 fully saturated rings. The van der Waals surface area contributed by atoms with Crippen LogP contribution in [0, 0.1) is 11.8 Å². The number of rotatable bonds is 12. The average molecular weight is 552 g/mol. The third-order valence-electron chi connectivity index (χ3n) is 6.94. The van der Waals surface area contributed by atoms with E-state index in [-0.39, 0.29) is 43.2 Å². The second-order valence-electron chi connectivity index (χ2n) is 9.52. The minimum absolute atomic E-state index is 0.0546. The molecule has 37 heavy (non-hydrogen) atoms. The summed E-state index contributed by atoms with van der Waals surface area (Å²) in [6.45, 7) is 4.27. The van der Waals surface area contributed by atoms with E-state index in [1.807, 2.05) is 6.07 Å². The van der Waals surface area contributed by atoms with E-state index >= 15 is 0 Å². The standard InChI is InChI=1S/C27H34ClNO7S/c28-19-12-18(16-30)13-20(14-19)36-17-23-22(24(31)15-25(23)32)3-1-2-21-4-5-26(37-21)27(33)35-11-8-29-6-9-34-10-7-29/h4-5,12-14,22-23,25,30,32H,1-3,6-11,15-17H2/t22-,23-,25-/m1/s1. The Morgan fingerprint density at radius 2 is 2.03 bits per heavy atom. The summed E-state index contributed by atoms with van der Waals surface area (Å²) in [7, 11) is 0. The van der Waals surface area contributed by atoms with E-state index in [0.717, 1.165) is 44.0 Å². The van der Waals surface area contributed by atoms with Crippen molar-refractivity contribution in [2.45, 2.75) is 38.4 Å². The van der Waals surface area contributed by atoms with Crippen LogP contribution in [0.4, 0.5) is 0 Å². The van der Waals surface area contributed by atoms with Gasteiger partial charge in [0.05, 0.1) is 32.5 Å². The van der Waals surface area contributed by atoms with Crippen LogP contribution in [0.1, 0.15) is 39.4 Å². The van der Waals surface area contributed by atoms with Crippen LogP contribution in [0.25, 0.3) is 0 Å². The van der Waals surface area contributed by atoms with Crippen molar-refractivity contribution in [2.75, 3.05) is 46.1 Å². The highest BCUT2D eigenvalue weighted by Crippen LogP contribution is 2.34. The summed E-state index contributed by atoms with van der Waals surface area (Å²) in [5, 5.41) is 20.3. The summed E-state index contributed by atoms with van der Waals surface area (Å²) in [4.78, 5) is 28.8. The maximum Gasteiger partial charge on any atom is 0.348 e. The highest BCUT2D eigenvalue weighted by molar-refractivity contribution is 7.13. The van der Waals surface area contributed by atoms with E-state index in [0.29, 0.717) is 40.8 Å². The average Bonchev–Trinajstić information content (AvgIpc) is 3.47. The maximum absolute atomic E-state index is 12.6. The highest BCUT2D eigenvalue weighted by Gasteiger charge is 2.41. The number of Topliss-reactive ketones (excluding diaryl/α,β-unsaturated/α-hetero) is 1. The number of nitrogens with zero attached hydrogens (tertiary/aromatic N) is 1. The molecular formula is C27H34ClNO7S. The van der Waals surface area contributed by atoms with Gasteiger partial charge in [-0.05, 0) is 55.2 Å². The smallest absolute Gasteiger partial charge is 0.348 e. The van der Waals surface area contributed by atoms with Crippen LogP contribution in [0.15, 0.2) is 30.3 Å². The maximum atomic E-state index is 12.6. The van der Waals surface area contributed by atoms with Crippen LogP contribution in [0.2, 0.25) is 5.02 Å². The van der Waals surface area contributed by atoms with E-state index in [4.69, 9.17) is 25.8 Å². The van der Waals surface area contributed by atoms with Gasteiger partial charge in [-0.3, -0.25) is 9.69 Å². The zero-order chi connectivity index (χ0) is 26.2. The third kappa shape index (κ3) is 7.99. The lowest BCUT2D eigenvalue weighted by Crippen LogP contribution is -2.38. The number of ether oxygens (including phenoxy) is 3. The van der Waals surface area contributed by atoms with Gasteiger partial charge in [-0.2, -0.15) is 0 Å². The molecule has 0 spiro atoms. The second-order valence-corrected chi connectivity index (χ2v) is 11.1. The molecule has 0 unspecified atom stereocenters. The monoisotopic (exact) mass is 551 g/mol. The minimum atomic E-state index is -0.741. The highest BCUT2D eigenvalue weighted by atomic mass is 35.5. The van der Waals surface area contributed by atoms with Gasteiger partial charge in [-0.15, -0.1) is 11.3 Å². The van der Waals surface area contributed by atoms with Crippen LogP contribution in [0.5, 0.6) is 5.75 Å². The van der Waals surface area contributed by atoms with Crippen LogP contribution < -0.4 is 4.74 Å². The molecule has 202 valence electrons. The third-order valence-corrected chi connectivity index (χ3v) is 8.28. The summed E-state index contributed by atoms with van der Waals surface area (Å²) in [5.74, 6) is -0.328. The number of carbonyl (C=O) groups excluding carboxylic acids is 2. The molecule has 1 saturated heterocycles.